The number of aliphatic hydroxyl groups excluding tert-OH is 1. The zero-order valence-electron chi connectivity index (χ0n) is 10.8. The highest BCUT2D eigenvalue weighted by atomic mass is 16.5. The van der Waals surface area contributed by atoms with Crippen molar-refractivity contribution >= 4 is 0 Å². The summed E-state index contributed by atoms with van der Waals surface area (Å²) in [6, 6.07) is 5.66. The van der Waals surface area contributed by atoms with Gasteiger partial charge in [-0.2, -0.15) is 0 Å². The van der Waals surface area contributed by atoms with E-state index in [-0.39, 0.29) is 0 Å². The molecule has 0 bridgehead atoms. The first kappa shape index (κ1) is 12.6. The third-order valence-electron chi connectivity index (χ3n) is 2.84. The van der Waals surface area contributed by atoms with Gasteiger partial charge in [0, 0.05) is 7.05 Å². The number of hydrogen-bond acceptors (Lipinski definition) is 4. The Bertz CT molecular complexity index is 535. The molecule has 0 unspecified atom stereocenters. The van der Waals surface area contributed by atoms with E-state index in [0.29, 0.717) is 6.61 Å². The van der Waals surface area contributed by atoms with Crippen LogP contribution in [0.15, 0.2) is 24.5 Å². The largest absolute Gasteiger partial charge is 0.485 e. The molecule has 0 aliphatic heterocycles. The van der Waals surface area contributed by atoms with Gasteiger partial charge in [-0.05, 0) is 37.1 Å². The van der Waals surface area contributed by atoms with E-state index in [1.54, 1.807) is 13.3 Å². The molecule has 0 radical (unpaired) electrons. The molecule has 0 saturated heterocycles. The SMILES string of the molecule is Cc1cc([C@@H](C)O)ccc1OCc1nncn1C. The first-order chi connectivity index (χ1) is 8.58. The summed E-state index contributed by atoms with van der Waals surface area (Å²) >= 11 is 0. The van der Waals surface area contributed by atoms with E-state index in [1.807, 2.05) is 36.7 Å². The van der Waals surface area contributed by atoms with Gasteiger partial charge in [-0.25, -0.2) is 0 Å². The fourth-order valence-corrected chi connectivity index (χ4v) is 1.67. The number of aryl methyl sites for hydroxylation is 2. The quantitative estimate of drug-likeness (QED) is 0.894. The number of benzene rings is 1. The summed E-state index contributed by atoms with van der Waals surface area (Å²) in [4.78, 5) is 0. The van der Waals surface area contributed by atoms with Crippen LogP contribution < -0.4 is 4.74 Å². The first-order valence-electron chi connectivity index (χ1n) is 5.82. The summed E-state index contributed by atoms with van der Waals surface area (Å²) in [6.07, 6.45) is 1.18. The van der Waals surface area contributed by atoms with Gasteiger partial charge in [0.1, 0.15) is 18.7 Å². The van der Waals surface area contributed by atoms with Crippen LogP contribution in [-0.2, 0) is 13.7 Å². The van der Waals surface area contributed by atoms with E-state index in [9.17, 15) is 5.11 Å². The van der Waals surface area contributed by atoms with E-state index in [0.717, 1.165) is 22.7 Å². The Labute approximate surface area is 106 Å². The van der Waals surface area contributed by atoms with Gasteiger partial charge < -0.3 is 14.4 Å². The van der Waals surface area contributed by atoms with Crippen LogP contribution in [0.1, 0.15) is 30.0 Å². The summed E-state index contributed by atoms with van der Waals surface area (Å²) in [7, 11) is 1.88. The van der Waals surface area contributed by atoms with Crippen molar-refractivity contribution < 1.29 is 9.84 Å². The van der Waals surface area contributed by atoms with Gasteiger partial charge in [-0.15, -0.1) is 10.2 Å². The molecule has 2 rings (SSSR count). The highest BCUT2D eigenvalue weighted by Crippen LogP contribution is 2.23. The highest BCUT2D eigenvalue weighted by molar-refractivity contribution is 5.36. The summed E-state index contributed by atoms with van der Waals surface area (Å²) in [5, 5.41) is 17.2. The molecule has 2 aromatic rings. The number of nitrogens with zero attached hydrogens (tertiary/aromatic N) is 3. The lowest BCUT2D eigenvalue weighted by Gasteiger charge is -2.11. The maximum Gasteiger partial charge on any atom is 0.170 e. The van der Waals surface area contributed by atoms with Gasteiger partial charge in [0.25, 0.3) is 0 Å². The van der Waals surface area contributed by atoms with Crippen molar-refractivity contribution in [2.45, 2.75) is 26.6 Å². The average Bonchev–Trinajstić information content (AvgIpc) is 2.73. The Balaban J connectivity index is 2.08. The highest BCUT2D eigenvalue weighted by Gasteiger charge is 2.07. The molecule has 96 valence electrons. The lowest BCUT2D eigenvalue weighted by Crippen LogP contribution is -2.04. The third kappa shape index (κ3) is 2.68. The summed E-state index contributed by atoms with van der Waals surface area (Å²) < 4.78 is 7.51. The first-order valence-corrected chi connectivity index (χ1v) is 5.82. The fraction of sp³-hybridized carbons (Fsp3) is 0.385. The Hall–Kier alpha value is -1.88. The minimum Gasteiger partial charge on any atom is -0.485 e. The van der Waals surface area contributed by atoms with Crippen LogP contribution in [-0.4, -0.2) is 19.9 Å². The summed E-state index contributed by atoms with van der Waals surface area (Å²) in [5.74, 6) is 1.57. The second-order valence-electron chi connectivity index (χ2n) is 4.35. The van der Waals surface area contributed by atoms with Crippen molar-refractivity contribution in [3.05, 3.63) is 41.5 Å². The predicted octanol–water partition coefficient (Wildman–Crippen LogP) is 1.76. The number of ether oxygens (including phenoxy) is 1. The van der Waals surface area contributed by atoms with Crippen molar-refractivity contribution in [3.8, 4) is 5.75 Å². The smallest absolute Gasteiger partial charge is 0.170 e. The molecule has 1 heterocycles. The summed E-state index contributed by atoms with van der Waals surface area (Å²) in [5.41, 5.74) is 1.88. The number of aliphatic hydroxyl groups is 1. The van der Waals surface area contributed by atoms with Crippen LogP contribution in [0.25, 0.3) is 0 Å². The monoisotopic (exact) mass is 247 g/mol. The molecule has 5 heteroatoms. The van der Waals surface area contributed by atoms with Crippen LogP contribution in [0.5, 0.6) is 5.75 Å². The van der Waals surface area contributed by atoms with Gasteiger partial charge >= 0.3 is 0 Å². The predicted molar refractivity (Wildman–Crippen MR) is 67.1 cm³/mol. The van der Waals surface area contributed by atoms with Gasteiger partial charge in [0.2, 0.25) is 0 Å². The molecule has 1 aromatic carbocycles. The van der Waals surface area contributed by atoms with Gasteiger partial charge in [0.05, 0.1) is 6.10 Å². The molecule has 0 spiro atoms. The second kappa shape index (κ2) is 5.18. The number of aromatic nitrogens is 3. The Morgan fingerprint density at radius 1 is 1.44 bits per heavy atom. The fourth-order valence-electron chi connectivity index (χ4n) is 1.67. The van der Waals surface area contributed by atoms with Gasteiger partial charge in [0.15, 0.2) is 5.82 Å². The van der Waals surface area contributed by atoms with Crippen molar-refractivity contribution in [2.24, 2.45) is 7.05 Å². The average molecular weight is 247 g/mol. The van der Waals surface area contributed by atoms with E-state index in [4.69, 9.17) is 4.74 Å². The molecule has 0 aliphatic rings. The molecule has 0 saturated carbocycles. The molecule has 1 atom stereocenters. The molecular weight excluding hydrogens is 230 g/mol. The zero-order valence-corrected chi connectivity index (χ0v) is 10.8. The van der Waals surface area contributed by atoms with Crippen LogP contribution >= 0.6 is 0 Å². The Morgan fingerprint density at radius 3 is 2.78 bits per heavy atom. The van der Waals surface area contributed by atoms with Crippen molar-refractivity contribution in [2.75, 3.05) is 0 Å². The van der Waals surface area contributed by atoms with E-state index in [2.05, 4.69) is 10.2 Å². The lowest BCUT2D eigenvalue weighted by molar-refractivity contribution is 0.199. The van der Waals surface area contributed by atoms with Crippen LogP contribution in [0.4, 0.5) is 0 Å². The minimum atomic E-state index is -0.462. The standard InChI is InChI=1S/C13H17N3O2/c1-9-6-11(10(2)17)4-5-12(9)18-7-13-15-14-8-16(13)3/h4-6,8,10,17H,7H2,1-3H3/t10-/m1/s1. The molecule has 5 nitrogen and oxygen atoms in total. The van der Waals surface area contributed by atoms with Crippen LogP contribution in [0, 0.1) is 6.92 Å². The maximum atomic E-state index is 9.49. The van der Waals surface area contributed by atoms with Crippen LogP contribution in [0.2, 0.25) is 0 Å². The lowest BCUT2D eigenvalue weighted by atomic mass is 10.1. The molecule has 1 aromatic heterocycles. The Kier molecular flexibility index (Phi) is 3.62. The molecule has 1 N–H and O–H groups in total. The van der Waals surface area contributed by atoms with E-state index in [1.165, 1.54) is 0 Å². The Morgan fingerprint density at radius 2 is 2.22 bits per heavy atom. The number of hydrogen-bond donors (Lipinski definition) is 1. The topological polar surface area (TPSA) is 60.2 Å². The van der Waals surface area contributed by atoms with Crippen molar-refractivity contribution in [1.29, 1.82) is 0 Å². The summed E-state index contributed by atoms with van der Waals surface area (Å²) in [6.45, 7) is 4.08. The van der Waals surface area contributed by atoms with E-state index >= 15 is 0 Å². The normalized spacial score (nSPS) is 12.4. The van der Waals surface area contributed by atoms with Crippen LogP contribution in [0.3, 0.4) is 0 Å². The van der Waals surface area contributed by atoms with Gasteiger partial charge in [-0.3, -0.25) is 0 Å². The minimum absolute atomic E-state index is 0.380. The molecule has 0 amide bonds. The van der Waals surface area contributed by atoms with E-state index < -0.39 is 6.10 Å². The second-order valence-corrected chi connectivity index (χ2v) is 4.35. The number of rotatable bonds is 4. The molecule has 0 aliphatic carbocycles. The van der Waals surface area contributed by atoms with Crippen molar-refractivity contribution in [3.63, 3.8) is 0 Å². The molecule has 0 fully saturated rings. The molecular formula is C13H17N3O2. The third-order valence-corrected chi connectivity index (χ3v) is 2.84. The van der Waals surface area contributed by atoms with Crippen molar-refractivity contribution in [1.82, 2.24) is 14.8 Å². The van der Waals surface area contributed by atoms with Gasteiger partial charge in [-0.1, -0.05) is 6.07 Å². The maximum absolute atomic E-state index is 9.49. The zero-order chi connectivity index (χ0) is 13.1. The molecule has 18 heavy (non-hydrogen) atoms.